The Morgan fingerprint density at radius 3 is 2.58 bits per heavy atom. The molecule has 0 aromatic heterocycles. The van der Waals surface area contributed by atoms with Crippen molar-refractivity contribution in [2.45, 2.75) is 25.3 Å². The number of hydrogen-bond acceptors (Lipinski definition) is 4. The number of nitrogens with zero attached hydrogens (tertiary/aromatic N) is 2. The van der Waals surface area contributed by atoms with Crippen molar-refractivity contribution in [3.63, 3.8) is 0 Å². The van der Waals surface area contributed by atoms with Gasteiger partial charge in [-0.2, -0.15) is 0 Å². The molecule has 2 rings (SSSR count). The van der Waals surface area contributed by atoms with E-state index < -0.39 is 12.0 Å². The minimum absolute atomic E-state index is 0.281. The zero-order chi connectivity index (χ0) is 14.0. The lowest BCUT2D eigenvalue weighted by molar-refractivity contribution is -0.145. The summed E-state index contributed by atoms with van der Waals surface area (Å²) < 4.78 is 4.66. The van der Waals surface area contributed by atoms with E-state index in [4.69, 9.17) is 5.11 Å². The van der Waals surface area contributed by atoms with Crippen molar-refractivity contribution in [2.75, 3.05) is 26.7 Å². The van der Waals surface area contributed by atoms with Crippen LogP contribution in [0.15, 0.2) is 0 Å². The maximum absolute atomic E-state index is 12.3. The van der Waals surface area contributed by atoms with Gasteiger partial charge in [-0.15, -0.1) is 0 Å². The molecule has 2 amide bonds. The Hall–Kier alpha value is -1.79. The van der Waals surface area contributed by atoms with Crippen LogP contribution in [0, 0.1) is 5.92 Å². The Bertz CT molecular complexity index is 398. The lowest BCUT2D eigenvalue weighted by Gasteiger charge is -2.27. The minimum Gasteiger partial charge on any atom is -0.480 e. The van der Waals surface area contributed by atoms with Gasteiger partial charge in [0.15, 0.2) is 0 Å². The maximum Gasteiger partial charge on any atom is 0.326 e. The molecule has 19 heavy (non-hydrogen) atoms. The van der Waals surface area contributed by atoms with Crippen molar-refractivity contribution < 1.29 is 24.2 Å². The first-order valence-electron chi connectivity index (χ1n) is 6.40. The molecule has 0 aromatic rings. The van der Waals surface area contributed by atoms with E-state index in [1.807, 2.05) is 0 Å². The highest BCUT2D eigenvalue weighted by Crippen LogP contribution is 2.23. The third-order valence-electron chi connectivity index (χ3n) is 3.78. The standard InChI is InChI=1S/C12H18N2O5/c1-19-11(17)8-4-6-13(7-8)12(18)14-5-2-3-9(14)10(15)16/h8-9H,2-7H2,1H3,(H,15,16)/t8?,9-/m0/s1. The normalized spacial score (nSPS) is 26.6. The van der Waals surface area contributed by atoms with Crippen LogP contribution in [-0.4, -0.2) is 65.7 Å². The van der Waals surface area contributed by atoms with E-state index in [0.29, 0.717) is 38.9 Å². The second-order valence-electron chi connectivity index (χ2n) is 4.93. The Kier molecular flexibility index (Phi) is 3.92. The quantitative estimate of drug-likeness (QED) is 0.722. The third kappa shape index (κ3) is 2.64. The summed E-state index contributed by atoms with van der Waals surface area (Å²) in [6.45, 7) is 1.25. The van der Waals surface area contributed by atoms with E-state index in [0.717, 1.165) is 0 Å². The number of hydrogen-bond donors (Lipinski definition) is 1. The molecule has 0 aromatic carbocycles. The van der Waals surface area contributed by atoms with Crippen molar-refractivity contribution in [2.24, 2.45) is 5.92 Å². The first-order chi connectivity index (χ1) is 9.04. The maximum atomic E-state index is 12.3. The highest BCUT2D eigenvalue weighted by Gasteiger charge is 2.39. The molecule has 1 N–H and O–H groups in total. The van der Waals surface area contributed by atoms with Crippen LogP contribution >= 0.6 is 0 Å². The zero-order valence-electron chi connectivity index (χ0n) is 10.9. The smallest absolute Gasteiger partial charge is 0.326 e. The molecule has 2 saturated heterocycles. The number of carbonyl (C=O) groups is 3. The molecule has 2 aliphatic heterocycles. The number of carboxylic acid groups (broad SMARTS) is 1. The predicted octanol–water partition coefficient (Wildman–Crippen LogP) is 0.150. The molecule has 0 spiro atoms. The average molecular weight is 270 g/mol. The van der Waals surface area contributed by atoms with Crippen LogP contribution in [0.1, 0.15) is 19.3 Å². The van der Waals surface area contributed by atoms with Gasteiger partial charge in [-0.1, -0.05) is 0 Å². The lowest BCUT2D eigenvalue weighted by Crippen LogP contribution is -2.47. The summed E-state index contributed by atoms with van der Waals surface area (Å²) in [6, 6.07) is -1.01. The molecule has 2 atom stereocenters. The molecule has 2 heterocycles. The molecule has 0 bridgehead atoms. The molecule has 7 heteroatoms. The molecule has 0 saturated carbocycles. The fourth-order valence-corrected chi connectivity index (χ4v) is 2.73. The van der Waals surface area contributed by atoms with Gasteiger partial charge in [-0.05, 0) is 19.3 Å². The largest absolute Gasteiger partial charge is 0.480 e. The summed E-state index contributed by atoms with van der Waals surface area (Å²) in [5.41, 5.74) is 0. The van der Waals surface area contributed by atoms with Gasteiger partial charge in [0.25, 0.3) is 0 Å². The van der Waals surface area contributed by atoms with Crippen LogP contribution in [0.25, 0.3) is 0 Å². The van der Waals surface area contributed by atoms with E-state index in [1.165, 1.54) is 12.0 Å². The van der Waals surface area contributed by atoms with Crippen molar-refractivity contribution in [1.29, 1.82) is 0 Å². The Morgan fingerprint density at radius 2 is 1.95 bits per heavy atom. The molecular formula is C12H18N2O5. The second-order valence-corrected chi connectivity index (χ2v) is 4.93. The minimum atomic E-state index is -0.963. The summed E-state index contributed by atoms with van der Waals surface area (Å²) in [5, 5.41) is 9.07. The monoisotopic (exact) mass is 270 g/mol. The molecule has 0 aliphatic carbocycles. The van der Waals surface area contributed by atoms with Crippen molar-refractivity contribution in [3.8, 4) is 0 Å². The van der Waals surface area contributed by atoms with Gasteiger partial charge in [0.1, 0.15) is 6.04 Å². The molecule has 106 valence electrons. The van der Waals surface area contributed by atoms with Gasteiger partial charge >= 0.3 is 18.0 Å². The number of amides is 2. The number of carbonyl (C=O) groups excluding carboxylic acids is 2. The number of aliphatic carboxylic acids is 1. The average Bonchev–Trinajstić information content (AvgIpc) is 3.05. The van der Waals surface area contributed by atoms with Crippen LogP contribution in [0.4, 0.5) is 4.79 Å². The Labute approximate surface area is 111 Å². The van der Waals surface area contributed by atoms with Gasteiger partial charge in [0.05, 0.1) is 13.0 Å². The fourth-order valence-electron chi connectivity index (χ4n) is 2.73. The molecule has 2 fully saturated rings. The highest BCUT2D eigenvalue weighted by molar-refractivity contribution is 5.84. The van der Waals surface area contributed by atoms with Gasteiger partial charge < -0.3 is 19.6 Å². The molecule has 0 radical (unpaired) electrons. The molecule has 2 aliphatic rings. The predicted molar refractivity (Wildman–Crippen MR) is 64.5 cm³/mol. The van der Waals surface area contributed by atoms with Crippen LogP contribution in [0.2, 0.25) is 0 Å². The van der Waals surface area contributed by atoms with Crippen molar-refractivity contribution in [1.82, 2.24) is 9.80 Å². The van der Waals surface area contributed by atoms with Gasteiger partial charge in [-0.3, -0.25) is 4.79 Å². The highest BCUT2D eigenvalue weighted by atomic mass is 16.5. The van der Waals surface area contributed by atoms with Crippen molar-refractivity contribution in [3.05, 3.63) is 0 Å². The van der Waals surface area contributed by atoms with E-state index in [2.05, 4.69) is 4.74 Å². The van der Waals surface area contributed by atoms with Crippen LogP contribution in [-0.2, 0) is 14.3 Å². The van der Waals surface area contributed by atoms with Gasteiger partial charge in [0.2, 0.25) is 0 Å². The molecular weight excluding hydrogens is 252 g/mol. The van der Waals surface area contributed by atoms with E-state index in [9.17, 15) is 14.4 Å². The number of urea groups is 1. The second kappa shape index (κ2) is 5.46. The Balaban J connectivity index is 1.97. The molecule has 7 nitrogen and oxygen atoms in total. The van der Waals surface area contributed by atoms with E-state index >= 15 is 0 Å². The number of methoxy groups -OCH3 is 1. The van der Waals surface area contributed by atoms with Gasteiger partial charge in [-0.25, -0.2) is 9.59 Å². The Morgan fingerprint density at radius 1 is 1.21 bits per heavy atom. The summed E-state index contributed by atoms with van der Waals surface area (Å²) in [5.74, 6) is -1.57. The lowest BCUT2D eigenvalue weighted by atomic mass is 10.1. The van der Waals surface area contributed by atoms with E-state index in [1.54, 1.807) is 4.90 Å². The van der Waals surface area contributed by atoms with Gasteiger partial charge in [0, 0.05) is 19.6 Å². The first kappa shape index (κ1) is 13.6. The summed E-state index contributed by atoms with van der Waals surface area (Å²) >= 11 is 0. The number of esters is 1. The number of rotatable bonds is 2. The molecule has 1 unspecified atom stereocenters. The summed E-state index contributed by atoms with van der Waals surface area (Å²) in [4.78, 5) is 37.7. The number of carboxylic acids is 1. The zero-order valence-corrected chi connectivity index (χ0v) is 10.9. The van der Waals surface area contributed by atoms with E-state index in [-0.39, 0.29) is 17.9 Å². The fraction of sp³-hybridized carbons (Fsp3) is 0.750. The van der Waals surface area contributed by atoms with Crippen LogP contribution < -0.4 is 0 Å². The van der Waals surface area contributed by atoms with Crippen LogP contribution in [0.5, 0.6) is 0 Å². The van der Waals surface area contributed by atoms with Crippen molar-refractivity contribution >= 4 is 18.0 Å². The number of likely N-dealkylation sites (tertiary alicyclic amines) is 2. The summed E-state index contributed by atoms with van der Waals surface area (Å²) in [7, 11) is 1.33. The number of ether oxygens (including phenoxy) is 1. The summed E-state index contributed by atoms with van der Waals surface area (Å²) in [6.07, 6.45) is 1.77. The topological polar surface area (TPSA) is 87.2 Å². The SMILES string of the molecule is COC(=O)C1CCN(C(=O)N2CCC[C@H]2C(=O)O)C1. The first-order valence-corrected chi connectivity index (χ1v) is 6.40. The third-order valence-corrected chi connectivity index (χ3v) is 3.78. The van der Waals surface area contributed by atoms with Crippen LogP contribution in [0.3, 0.4) is 0 Å².